The van der Waals surface area contributed by atoms with Gasteiger partial charge in [-0.25, -0.2) is 15.0 Å². The minimum absolute atomic E-state index is 0.507. The Kier molecular flexibility index (Phi) is 7.22. The number of nitrogens with zero attached hydrogens (tertiary/aromatic N) is 5. The molecule has 0 radical (unpaired) electrons. The molecule has 1 atom stereocenters. The fourth-order valence-corrected chi connectivity index (χ4v) is 5.14. The van der Waals surface area contributed by atoms with Crippen LogP contribution in [0.15, 0.2) is 37.2 Å². The van der Waals surface area contributed by atoms with E-state index in [4.69, 9.17) is 9.72 Å². The third kappa shape index (κ3) is 5.36. The van der Waals surface area contributed by atoms with Gasteiger partial charge in [0.25, 0.3) is 0 Å². The van der Waals surface area contributed by atoms with Gasteiger partial charge in [-0.05, 0) is 38.4 Å². The second-order valence-electron chi connectivity index (χ2n) is 9.92. The van der Waals surface area contributed by atoms with E-state index in [0.29, 0.717) is 12.8 Å². The van der Waals surface area contributed by atoms with E-state index in [1.165, 1.54) is 23.9 Å². The Morgan fingerprint density at radius 1 is 1.16 bits per heavy atom. The number of fused-ring (bicyclic) bond motifs is 1. The first kappa shape index (κ1) is 22.9. The molecule has 4 heterocycles. The van der Waals surface area contributed by atoms with Crippen LogP contribution in [0.25, 0.3) is 22.2 Å². The van der Waals surface area contributed by atoms with Crippen molar-refractivity contribution in [2.75, 3.05) is 31.6 Å². The highest BCUT2D eigenvalue weighted by Gasteiger charge is 2.22. The molecule has 32 heavy (non-hydrogen) atoms. The SMILES string of the molecule is CNC1CCCN(c2ccnc3c2c(-c2cncnc2)cn3COCC[Si](C)(C)C)CC1. The molecule has 1 aliphatic rings. The van der Waals surface area contributed by atoms with Crippen LogP contribution >= 0.6 is 0 Å². The zero-order valence-corrected chi connectivity index (χ0v) is 20.8. The molecule has 7 nitrogen and oxygen atoms in total. The van der Waals surface area contributed by atoms with Gasteiger partial charge in [-0.3, -0.25) is 0 Å². The molecule has 3 aromatic rings. The molecule has 1 unspecified atom stereocenters. The van der Waals surface area contributed by atoms with Gasteiger partial charge >= 0.3 is 0 Å². The molecule has 1 aliphatic heterocycles. The highest BCUT2D eigenvalue weighted by atomic mass is 28.3. The lowest BCUT2D eigenvalue weighted by Crippen LogP contribution is -2.28. The Bertz CT molecular complexity index is 1020. The van der Waals surface area contributed by atoms with Crippen molar-refractivity contribution >= 4 is 24.8 Å². The summed E-state index contributed by atoms with van der Waals surface area (Å²) in [6, 6.07) is 3.90. The number of hydrogen-bond donors (Lipinski definition) is 1. The predicted molar refractivity (Wildman–Crippen MR) is 134 cm³/mol. The zero-order valence-electron chi connectivity index (χ0n) is 19.8. The molecule has 0 bridgehead atoms. The molecule has 0 spiro atoms. The van der Waals surface area contributed by atoms with Gasteiger partial charge in [0.1, 0.15) is 18.7 Å². The lowest BCUT2D eigenvalue weighted by molar-refractivity contribution is 0.0899. The van der Waals surface area contributed by atoms with Crippen LogP contribution in [0.4, 0.5) is 5.69 Å². The number of nitrogens with one attached hydrogen (secondary N) is 1. The molecule has 0 aliphatic carbocycles. The Labute approximate surface area is 192 Å². The quantitative estimate of drug-likeness (QED) is 0.404. The lowest BCUT2D eigenvalue weighted by atomic mass is 10.1. The van der Waals surface area contributed by atoms with E-state index in [9.17, 15) is 0 Å². The van der Waals surface area contributed by atoms with E-state index in [2.05, 4.69) is 63.7 Å². The summed E-state index contributed by atoms with van der Waals surface area (Å²) in [6.45, 7) is 10.5. The van der Waals surface area contributed by atoms with Gasteiger partial charge in [-0.2, -0.15) is 0 Å². The molecule has 1 N–H and O–H groups in total. The van der Waals surface area contributed by atoms with Gasteiger partial charge in [0, 0.05) is 75.4 Å². The largest absolute Gasteiger partial charge is 0.371 e. The molecule has 1 fully saturated rings. The third-order valence-corrected chi connectivity index (χ3v) is 8.01. The van der Waals surface area contributed by atoms with Crippen molar-refractivity contribution < 1.29 is 4.74 Å². The molecule has 0 amide bonds. The summed E-state index contributed by atoms with van der Waals surface area (Å²) < 4.78 is 8.23. The van der Waals surface area contributed by atoms with Gasteiger partial charge < -0.3 is 19.5 Å². The summed E-state index contributed by atoms with van der Waals surface area (Å²) in [7, 11) is 0.950. The maximum absolute atomic E-state index is 6.09. The maximum Gasteiger partial charge on any atom is 0.144 e. The topological polar surface area (TPSA) is 68.1 Å². The number of aromatic nitrogens is 4. The van der Waals surface area contributed by atoms with Crippen molar-refractivity contribution in [1.29, 1.82) is 0 Å². The van der Waals surface area contributed by atoms with Crippen molar-refractivity contribution in [2.45, 2.75) is 57.7 Å². The first-order valence-electron chi connectivity index (χ1n) is 11.7. The summed E-state index contributed by atoms with van der Waals surface area (Å²) in [4.78, 5) is 15.8. The fourth-order valence-electron chi connectivity index (χ4n) is 4.38. The summed E-state index contributed by atoms with van der Waals surface area (Å²) in [5.74, 6) is 0. The number of pyridine rings is 1. The third-order valence-electron chi connectivity index (χ3n) is 6.31. The van der Waals surface area contributed by atoms with Crippen molar-refractivity contribution in [3.8, 4) is 11.1 Å². The predicted octanol–water partition coefficient (Wildman–Crippen LogP) is 4.38. The van der Waals surface area contributed by atoms with Crippen molar-refractivity contribution in [3.05, 3.63) is 37.2 Å². The Balaban J connectivity index is 1.69. The highest BCUT2D eigenvalue weighted by molar-refractivity contribution is 6.76. The average Bonchev–Trinajstić information content (AvgIpc) is 2.99. The molecule has 3 aromatic heterocycles. The van der Waals surface area contributed by atoms with E-state index in [1.54, 1.807) is 6.33 Å². The lowest BCUT2D eigenvalue weighted by Gasteiger charge is -2.24. The molecule has 8 heteroatoms. The van der Waals surface area contributed by atoms with Crippen molar-refractivity contribution in [3.63, 3.8) is 0 Å². The van der Waals surface area contributed by atoms with Crippen LogP contribution < -0.4 is 10.2 Å². The first-order chi connectivity index (χ1) is 15.5. The molecule has 0 aromatic carbocycles. The van der Waals surface area contributed by atoms with Gasteiger partial charge in [0.05, 0.1) is 5.39 Å². The monoisotopic (exact) mass is 452 g/mol. The van der Waals surface area contributed by atoms with Gasteiger partial charge in [-0.1, -0.05) is 19.6 Å². The summed E-state index contributed by atoms with van der Waals surface area (Å²) in [5.41, 5.74) is 4.33. The Hall–Kier alpha value is -2.29. The molecule has 1 saturated heterocycles. The minimum atomic E-state index is -1.12. The van der Waals surface area contributed by atoms with Gasteiger partial charge in [0.15, 0.2) is 0 Å². The van der Waals surface area contributed by atoms with E-state index in [0.717, 1.165) is 48.9 Å². The zero-order chi connectivity index (χ0) is 22.6. The maximum atomic E-state index is 6.09. The summed E-state index contributed by atoms with van der Waals surface area (Å²) >= 11 is 0. The first-order valence-corrected chi connectivity index (χ1v) is 15.4. The summed E-state index contributed by atoms with van der Waals surface area (Å²) in [6.07, 6.45) is 13.0. The van der Waals surface area contributed by atoms with Crippen molar-refractivity contribution in [2.24, 2.45) is 0 Å². The van der Waals surface area contributed by atoms with E-state index in [-0.39, 0.29) is 0 Å². The van der Waals surface area contributed by atoms with Crippen LogP contribution in [0.5, 0.6) is 0 Å². The standard InChI is InChI=1S/C24H36N6OSi/c1-25-20-6-5-10-29(11-8-20)22-7-9-28-24-23(22)21(19-14-26-17-27-15-19)16-30(24)18-31-12-13-32(2,3)4/h7,9,14-17,20,25H,5-6,8,10-13,18H2,1-4H3. The van der Waals surface area contributed by atoms with Gasteiger partial charge in [-0.15, -0.1) is 0 Å². The molecule has 4 rings (SSSR count). The Morgan fingerprint density at radius 3 is 2.72 bits per heavy atom. The highest BCUT2D eigenvalue weighted by Crippen LogP contribution is 2.37. The van der Waals surface area contributed by atoms with Crippen LogP contribution in [0.1, 0.15) is 19.3 Å². The average molecular weight is 453 g/mol. The molecular weight excluding hydrogens is 416 g/mol. The number of hydrogen-bond acceptors (Lipinski definition) is 6. The van der Waals surface area contributed by atoms with Crippen LogP contribution in [-0.4, -0.2) is 60.4 Å². The second kappa shape index (κ2) is 10.1. The Morgan fingerprint density at radius 2 is 1.97 bits per heavy atom. The fraction of sp³-hybridized carbons (Fsp3) is 0.542. The summed E-state index contributed by atoms with van der Waals surface area (Å²) in [5, 5.41) is 4.63. The van der Waals surface area contributed by atoms with E-state index >= 15 is 0 Å². The molecule has 172 valence electrons. The van der Waals surface area contributed by atoms with Crippen LogP contribution in [-0.2, 0) is 11.5 Å². The number of rotatable bonds is 8. The normalized spacial score (nSPS) is 17.6. The molecule has 0 saturated carbocycles. The van der Waals surface area contributed by atoms with Crippen LogP contribution in [0.2, 0.25) is 25.7 Å². The second-order valence-corrected chi connectivity index (χ2v) is 15.5. The van der Waals surface area contributed by atoms with Gasteiger partial charge in [0.2, 0.25) is 0 Å². The van der Waals surface area contributed by atoms with E-state index < -0.39 is 8.07 Å². The van der Waals surface area contributed by atoms with Crippen molar-refractivity contribution in [1.82, 2.24) is 24.8 Å². The van der Waals surface area contributed by atoms with Crippen LogP contribution in [0, 0.1) is 0 Å². The van der Waals surface area contributed by atoms with E-state index in [1.807, 2.05) is 18.6 Å². The number of anilines is 1. The molecular formula is C24H36N6OSi. The van der Waals surface area contributed by atoms with Crippen LogP contribution in [0.3, 0.4) is 0 Å². The minimum Gasteiger partial charge on any atom is -0.371 e. The smallest absolute Gasteiger partial charge is 0.144 e. The number of ether oxygens (including phenoxy) is 1.